The van der Waals surface area contributed by atoms with Crippen molar-refractivity contribution in [3.05, 3.63) is 28.8 Å². The number of hydrogen-bond acceptors (Lipinski definition) is 3. The van der Waals surface area contributed by atoms with E-state index < -0.39 is 24.9 Å². The Morgan fingerprint density at radius 2 is 2.15 bits per heavy atom. The van der Waals surface area contributed by atoms with Crippen molar-refractivity contribution in [3.63, 3.8) is 0 Å². The average molecular weight is 431 g/mol. The molecule has 2 aliphatic heterocycles. The molecule has 2 fully saturated rings. The van der Waals surface area contributed by atoms with E-state index in [1.165, 1.54) is 5.56 Å². The summed E-state index contributed by atoms with van der Waals surface area (Å²) >= 11 is 6.08. The molecule has 0 radical (unpaired) electrons. The monoisotopic (exact) mass is 429 g/mol. The van der Waals surface area contributed by atoms with Crippen molar-refractivity contribution < 1.29 is 13.6 Å². The van der Waals surface area contributed by atoms with E-state index >= 15 is 0 Å². The van der Waals surface area contributed by atoms with Gasteiger partial charge in [0, 0.05) is 36.8 Å². The standard InChI is InChI=1S/C17H22ClF2N3O.2ClH/c1-11-2-3-13(18)6-15(11)23-5-4-12(9-23)8-21-16(24)14-7-17(19,20)10-22-14;;/h2-3,6,12,14,22H,4-5,7-10H2,1H3,(H,21,24);2*1H. The molecule has 9 heteroatoms. The van der Waals surface area contributed by atoms with Crippen LogP contribution in [0.25, 0.3) is 0 Å². The maximum Gasteiger partial charge on any atom is 0.262 e. The molecule has 0 aliphatic carbocycles. The fraction of sp³-hybridized carbons (Fsp3) is 0.588. The zero-order valence-electron chi connectivity index (χ0n) is 14.4. The lowest BCUT2D eigenvalue weighted by Crippen LogP contribution is -2.42. The summed E-state index contributed by atoms with van der Waals surface area (Å²) in [5.41, 5.74) is 2.29. The molecule has 4 nitrogen and oxygen atoms in total. The van der Waals surface area contributed by atoms with Crippen LogP contribution in [-0.4, -0.2) is 44.1 Å². The van der Waals surface area contributed by atoms with E-state index in [1.807, 2.05) is 25.1 Å². The summed E-state index contributed by atoms with van der Waals surface area (Å²) in [6, 6.07) is 5.05. The molecule has 2 N–H and O–H groups in total. The number of hydrogen-bond donors (Lipinski definition) is 2. The molecule has 0 saturated carbocycles. The fourth-order valence-corrected chi connectivity index (χ4v) is 3.58. The van der Waals surface area contributed by atoms with Crippen LogP contribution in [0.4, 0.5) is 14.5 Å². The Balaban J connectivity index is 0.00000169. The largest absolute Gasteiger partial charge is 0.371 e. The number of carbonyl (C=O) groups is 1. The third-order valence-electron chi connectivity index (χ3n) is 4.79. The minimum absolute atomic E-state index is 0. The highest BCUT2D eigenvalue weighted by molar-refractivity contribution is 6.30. The lowest BCUT2D eigenvalue weighted by molar-refractivity contribution is -0.123. The van der Waals surface area contributed by atoms with Gasteiger partial charge in [0.25, 0.3) is 5.92 Å². The van der Waals surface area contributed by atoms with E-state index in [0.29, 0.717) is 17.5 Å². The number of nitrogens with zero attached hydrogens (tertiary/aromatic N) is 1. The van der Waals surface area contributed by atoms with Gasteiger partial charge in [0.1, 0.15) is 0 Å². The van der Waals surface area contributed by atoms with Crippen molar-refractivity contribution in [1.29, 1.82) is 0 Å². The second-order valence-corrected chi connectivity index (χ2v) is 7.21. The van der Waals surface area contributed by atoms with Crippen molar-refractivity contribution in [2.24, 2.45) is 5.92 Å². The summed E-state index contributed by atoms with van der Waals surface area (Å²) in [6.45, 7) is 3.87. The molecule has 1 aromatic rings. The number of halogens is 5. The Hall–Kier alpha value is -0.820. The maximum atomic E-state index is 13.1. The highest BCUT2D eigenvalue weighted by Gasteiger charge is 2.42. The topological polar surface area (TPSA) is 44.4 Å². The van der Waals surface area contributed by atoms with Crippen LogP contribution in [0, 0.1) is 12.8 Å². The fourth-order valence-electron chi connectivity index (χ4n) is 3.41. The summed E-state index contributed by atoms with van der Waals surface area (Å²) in [7, 11) is 0. The minimum atomic E-state index is -2.78. The average Bonchev–Trinajstić information content (AvgIpc) is 3.13. The van der Waals surface area contributed by atoms with E-state index in [-0.39, 0.29) is 30.7 Å². The molecule has 1 aromatic carbocycles. The smallest absolute Gasteiger partial charge is 0.262 e. The van der Waals surface area contributed by atoms with Crippen LogP contribution >= 0.6 is 36.4 Å². The lowest BCUT2D eigenvalue weighted by atomic mass is 10.1. The Morgan fingerprint density at radius 3 is 2.81 bits per heavy atom. The van der Waals surface area contributed by atoms with Crippen molar-refractivity contribution in [2.45, 2.75) is 31.7 Å². The number of alkyl halides is 2. The third kappa shape index (κ3) is 5.59. The van der Waals surface area contributed by atoms with Gasteiger partial charge in [0.15, 0.2) is 0 Å². The molecule has 2 unspecified atom stereocenters. The first-order valence-corrected chi connectivity index (χ1v) is 8.62. The number of rotatable bonds is 4. The molecule has 2 aliphatic rings. The van der Waals surface area contributed by atoms with Gasteiger partial charge in [0.05, 0.1) is 12.6 Å². The van der Waals surface area contributed by atoms with Crippen molar-refractivity contribution >= 4 is 48.0 Å². The van der Waals surface area contributed by atoms with Gasteiger partial charge in [-0.15, -0.1) is 24.8 Å². The van der Waals surface area contributed by atoms with Crippen molar-refractivity contribution in [2.75, 3.05) is 31.1 Å². The van der Waals surface area contributed by atoms with E-state index in [4.69, 9.17) is 11.6 Å². The van der Waals surface area contributed by atoms with Crippen molar-refractivity contribution in [3.8, 4) is 0 Å². The Kier molecular flexibility index (Phi) is 8.39. The number of aryl methyl sites for hydroxylation is 1. The Morgan fingerprint density at radius 1 is 1.42 bits per heavy atom. The number of benzene rings is 1. The summed E-state index contributed by atoms with van der Waals surface area (Å²) in [5.74, 6) is -2.80. The number of amides is 1. The summed E-state index contributed by atoms with van der Waals surface area (Å²) < 4.78 is 26.3. The lowest BCUT2D eigenvalue weighted by Gasteiger charge is -2.21. The normalized spacial score (nSPS) is 23.9. The number of carbonyl (C=O) groups excluding carboxylic acids is 1. The molecule has 1 amide bonds. The van der Waals surface area contributed by atoms with Gasteiger partial charge in [-0.3, -0.25) is 10.1 Å². The van der Waals surface area contributed by atoms with Crippen LogP contribution < -0.4 is 15.5 Å². The van der Waals surface area contributed by atoms with Crippen LogP contribution in [0.1, 0.15) is 18.4 Å². The van der Waals surface area contributed by atoms with Crippen LogP contribution in [-0.2, 0) is 4.79 Å². The molecule has 26 heavy (non-hydrogen) atoms. The van der Waals surface area contributed by atoms with Gasteiger partial charge >= 0.3 is 0 Å². The molecular formula is C17H24Cl3F2N3O. The van der Waals surface area contributed by atoms with E-state index in [9.17, 15) is 13.6 Å². The number of anilines is 1. The van der Waals surface area contributed by atoms with Crippen LogP contribution in [0.3, 0.4) is 0 Å². The third-order valence-corrected chi connectivity index (χ3v) is 5.02. The van der Waals surface area contributed by atoms with Crippen LogP contribution in [0.5, 0.6) is 0 Å². The van der Waals surface area contributed by atoms with Gasteiger partial charge in [0.2, 0.25) is 5.91 Å². The summed E-state index contributed by atoms with van der Waals surface area (Å²) in [6.07, 6.45) is 0.540. The van der Waals surface area contributed by atoms with E-state index in [0.717, 1.165) is 25.2 Å². The quantitative estimate of drug-likeness (QED) is 0.769. The molecule has 0 spiro atoms. The zero-order chi connectivity index (χ0) is 17.3. The zero-order valence-corrected chi connectivity index (χ0v) is 16.8. The van der Waals surface area contributed by atoms with Gasteiger partial charge in [-0.2, -0.15) is 0 Å². The minimum Gasteiger partial charge on any atom is -0.371 e. The first kappa shape index (κ1) is 23.2. The molecule has 2 atom stereocenters. The molecule has 2 saturated heterocycles. The van der Waals surface area contributed by atoms with E-state index in [2.05, 4.69) is 15.5 Å². The maximum absolute atomic E-state index is 13.1. The molecule has 0 aromatic heterocycles. The molecule has 3 rings (SSSR count). The predicted octanol–water partition coefficient (Wildman–Crippen LogP) is 3.43. The van der Waals surface area contributed by atoms with Crippen LogP contribution in [0.15, 0.2) is 18.2 Å². The Bertz CT molecular complexity index is 633. The molecule has 2 heterocycles. The number of nitrogens with one attached hydrogen (secondary N) is 2. The van der Waals surface area contributed by atoms with Gasteiger partial charge in [-0.25, -0.2) is 8.78 Å². The SMILES string of the molecule is Cc1ccc(Cl)cc1N1CCC(CNC(=O)C2CC(F)(F)CN2)C1.Cl.Cl. The van der Waals surface area contributed by atoms with E-state index in [1.54, 1.807) is 0 Å². The van der Waals surface area contributed by atoms with Gasteiger partial charge < -0.3 is 10.2 Å². The summed E-state index contributed by atoms with van der Waals surface area (Å²) in [5, 5.41) is 6.11. The first-order valence-electron chi connectivity index (χ1n) is 8.24. The van der Waals surface area contributed by atoms with Gasteiger partial charge in [-0.05, 0) is 37.0 Å². The highest BCUT2D eigenvalue weighted by atomic mass is 35.5. The highest BCUT2D eigenvalue weighted by Crippen LogP contribution is 2.29. The van der Waals surface area contributed by atoms with Crippen molar-refractivity contribution in [1.82, 2.24) is 10.6 Å². The predicted molar refractivity (Wildman–Crippen MR) is 105 cm³/mol. The first-order chi connectivity index (χ1) is 11.3. The summed E-state index contributed by atoms with van der Waals surface area (Å²) in [4.78, 5) is 14.3. The molecule has 0 bridgehead atoms. The second kappa shape index (κ2) is 9.40. The van der Waals surface area contributed by atoms with Gasteiger partial charge in [-0.1, -0.05) is 17.7 Å². The molecular weight excluding hydrogens is 407 g/mol. The second-order valence-electron chi connectivity index (χ2n) is 6.77. The van der Waals surface area contributed by atoms with Crippen LogP contribution in [0.2, 0.25) is 5.02 Å². The molecule has 148 valence electrons. The Labute approximate surface area is 169 Å².